The van der Waals surface area contributed by atoms with Crippen molar-refractivity contribution in [3.63, 3.8) is 0 Å². The molecule has 6 nitrogen and oxygen atoms in total. The molecule has 0 aliphatic heterocycles. The molecule has 0 bridgehead atoms. The first kappa shape index (κ1) is 18.3. The molecule has 0 saturated carbocycles. The minimum atomic E-state index is -0.134. The highest BCUT2D eigenvalue weighted by Gasteiger charge is 2.16. The molecule has 0 spiro atoms. The van der Waals surface area contributed by atoms with E-state index in [9.17, 15) is 9.59 Å². The Labute approximate surface area is 155 Å². The zero-order valence-electron chi connectivity index (χ0n) is 14.8. The summed E-state index contributed by atoms with van der Waals surface area (Å²) < 4.78 is 6.96. The van der Waals surface area contributed by atoms with Gasteiger partial charge in [0.25, 0.3) is 5.56 Å². The summed E-state index contributed by atoms with van der Waals surface area (Å²) in [6.07, 6.45) is 1.57. The highest BCUT2D eigenvalue weighted by Crippen LogP contribution is 2.19. The quantitative estimate of drug-likeness (QED) is 0.472. The van der Waals surface area contributed by atoms with Crippen LogP contribution in [-0.4, -0.2) is 39.2 Å². The van der Waals surface area contributed by atoms with Crippen molar-refractivity contribution < 1.29 is 9.21 Å². The third kappa shape index (κ3) is 3.83. The number of para-hydroxylation sites is 1. The Morgan fingerprint density at radius 1 is 1.19 bits per heavy atom. The van der Waals surface area contributed by atoms with Gasteiger partial charge in [-0.2, -0.15) is 0 Å². The van der Waals surface area contributed by atoms with Gasteiger partial charge in [0.05, 0.1) is 29.5 Å². The lowest BCUT2D eigenvalue weighted by Crippen LogP contribution is -2.32. The van der Waals surface area contributed by atoms with Gasteiger partial charge in [-0.1, -0.05) is 23.9 Å². The van der Waals surface area contributed by atoms with Crippen molar-refractivity contribution in [3.05, 3.63) is 58.8 Å². The number of carbonyl (C=O) groups excluding carboxylic acids is 1. The second-order valence-electron chi connectivity index (χ2n) is 5.74. The lowest BCUT2D eigenvalue weighted by atomic mass is 10.2. The van der Waals surface area contributed by atoms with E-state index in [-0.39, 0.29) is 23.8 Å². The normalized spacial score (nSPS) is 11.0. The van der Waals surface area contributed by atoms with Gasteiger partial charge < -0.3 is 9.32 Å². The predicted octanol–water partition coefficient (Wildman–Crippen LogP) is 3.00. The van der Waals surface area contributed by atoms with Crippen LogP contribution < -0.4 is 5.56 Å². The summed E-state index contributed by atoms with van der Waals surface area (Å²) >= 11 is 1.28. The highest BCUT2D eigenvalue weighted by atomic mass is 32.2. The summed E-state index contributed by atoms with van der Waals surface area (Å²) in [5, 5.41) is 1.07. The van der Waals surface area contributed by atoms with Crippen molar-refractivity contribution in [1.82, 2.24) is 14.5 Å². The van der Waals surface area contributed by atoms with Crippen molar-refractivity contribution in [3.8, 4) is 0 Å². The third-order valence-electron chi connectivity index (χ3n) is 4.16. The Kier molecular flexibility index (Phi) is 5.78. The summed E-state index contributed by atoms with van der Waals surface area (Å²) in [6, 6.07) is 10.8. The zero-order valence-corrected chi connectivity index (χ0v) is 15.7. The molecule has 0 aliphatic carbocycles. The van der Waals surface area contributed by atoms with E-state index in [0.717, 1.165) is 0 Å². The van der Waals surface area contributed by atoms with E-state index in [2.05, 4.69) is 4.98 Å². The summed E-state index contributed by atoms with van der Waals surface area (Å²) in [4.78, 5) is 31.6. The molecule has 2 aromatic heterocycles. The van der Waals surface area contributed by atoms with Crippen molar-refractivity contribution >= 4 is 28.6 Å². The van der Waals surface area contributed by atoms with Gasteiger partial charge in [-0.25, -0.2) is 4.98 Å². The molecular formula is C19H21N3O3S. The van der Waals surface area contributed by atoms with Crippen LogP contribution in [0.1, 0.15) is 19.6 Å². The first-order chi connectivity index (χ1) is 12.6. The van der Waals surface area contributed by atoms with Gasteiger partial charge in [0.1, 0.15) is 5.76 Å². The van der Waals surface area contributed by atoms with E-state index in [1.807, 2.05) is 38.1 Å². The molecule has 0 unspecified atom stereocenters. The van der Waals surface area contributed by atoms with Crippen LogP contribution in [0, 0.1) is 0 Å². The van der Waals surface area contributed by atoms with E-state index in [4.69, 9.17) is 4.42 Å². The minimum absolute atomic E-state index is 0.0342. The number of rotatable bonds is 7. The van der Waals surface area contributed by atoms with E-state index in [0.29, 0.717) is 34.9 Å². The Balaban J connectivity index is 1.96. The molecule has 0 aliphatic rings. The Morgan fingerprint density at radius 2 is 1.96 bits per heavy atom. The van der Waals surface area contributed by atoms with Crippen LogP contribution in [0.15, 0.2) is 57.0 Å². The van der Waals surface area contributed by atoms with Crippen molar-refractivity contribution in [2.24, 2.45) is 0 Å². The maximum absolute atomic E-state index is 12.9. The summed E-state index contributed by atoms with van der Waals surface area (Å²) in [5.74, 6) is 0.943. The predicted molar refractivity (Wildman–Crippen MR) is 102 cm³/mol. The number of hydrogen-bond acceptors (Lipinski definition) is 5. The van der Waals surface area contributed by atoms with Gasteiger partial charge in [0, 0.05) is 13.1 Å². The molecule has 26 heavy (non-hydrogen) atoms. The lowest BCUT2D eigenvalue weighted by molar-refractivity contribution is -0.127. The minimum Gasteiger partial charge on any atom is -0.467 e. The van der Waals surface area contributed by atoms with Crippen LogP contribution in [0.2, 0.25) is 0 Å². The van der Waals surface area contributed by atoms with Gasteiger partial charge in [0.15, 0.2) is 5.16 Å². The van der Waals surface area contributed by atoms with Crippen molar-refractivity contribution in [2.45, 2.75) is 25.5 Å². The van der Waals surface area contributed by atoms with Crippen LogP contribution in [-0.2, 0) is 11.3 Å². The highest BCUT2D eigenvalue weighted by molar-refractivity contribution is 7.99. The smallest absolute Gasteiger partial charge is 0.262 e. The SMILES string of the molecule is CCN(CC)C(=O)CSc1nc2ccccc2c(=O)n1Cc1ccco1. The molecule has 1 aromatic carbocycles. The van der Waals surface area contributed by atoms with E-state index in [1.165, 1.54) is 11.8 Å². The topological polar surface area (TPSA) is 68.3 Å². The van der Waals surface area contributed by atoms with Gasteiger partial charge in [-0.05, 0) is 38.1 Å². The fourth-order valence-corrected chi connectivity index (χ4v) is 3.65. The number of carbonyl (C=O) groups is 1. The van der Waals surface area contributed by atoms with Crippen molar-refractivity contribution in [1.29, 1.82) is 0 Å². The van der Waals surface area contributed by atoms with Crippen LogP contribution in [0.25, 0.3) is 10.9 Å². The lowest BCUT2D eigenvalue weighted by Gasteiger charge is -2.18. The van der Waals surface area contributed by atoms with Crippen LogP contribution >= 0.6 is 11.8 Å². The summed E-state index contributed by atoms with van der Waals surface area (Å²) in [6.45, 7) is 5.52. The number of hydrogen-bond donors (Lipinski definition) is 0. The van der Waals surface area contributed by atoms with Gasteiger partial charge in [-0.3, -0.25) is 14.2 Å². The number of thioether (sulfide) groups is 1. The number of amides is 1. The number of aromatic nitrogens is 2. The number of benzene rings is 1. The molecule has 136 valence electrons. The first-order valence-corrected chi connectivity index (χ1v) is 9.55. The summed E-state index contributed by atoms with van der Waals surface area (Å²) in [7, 11) is 0. The zero-order chi connectivity index (χ0) is 18.5. The molecule has 1 amide bonds. The number of furan rings is 1. The van der Waals surface area contributed by atoms with Gasteiger partial charge >= 0.3 is 0 Å². The monoisotopic (exact) mass is 371 g/mol. The Morgan fingerprint density at radius 3 is 2.65 bits per heavy atom. The number of fused-ring (bicyclic) bond motifs is 1. The number of nitrogens with zero attached hydrogens (tertiary/aromatic N) is 3. The van der Waals surface area contributed by atoms with E-state index >= 15 is 0 Å². The molecule has 7 heteroatoms. The standard InChI is InChI=1S/C19H21N3O3S/c1-3-21(4-2)17(23)13-26-19-20-16-10-6-5-9-15(16)18(24)22(19)12-14-8-7-11-25-14/h5-11H,3-4,12-13H2,1-2H3. The molecule has 2 heterocycles. The van der Waals surface area contributed by atoms with Crippen molar-refractivity contribution in [2.75, 3.05) is 18.8 Å². The van der Waals surface area contributed by atoms with Crippen LogP contribution in [0.5, 0.6) is 0 Å². The average molecular weight is 371 g/mol. The fourth-order valence-electron chi connectivity index (χ4n) is 2.75. The summed E-state index contributed by atoms with van der Waals surface area (Å²) in [5.41, 5.74) is 0.496. The van der Waals surface area contributed by atoms with E-state index < -0.39 is 0 Å². The maximum atomic E-state index is 12.9. The molecule has 3 rings (SSSR count). The van der Waals surface area contributed by atoms with Crippen LogP contribution in [0.3, 0.4) is 0 Å². The van der Waals surface area contributed by atoms with E-state index in [1.54, 1.807) is 27.9 Å². The van der Waals surface area contributed by atoms with Crippen LogP contribution in [0.4, 0.5) is 0 Å². The molecule has 0 fully saturated rings. The van der Waals surface area contributed by atoms with Gasteiger partial charge in [-0.15, -0.1) is 0 Å². The van der Waals surface area contributed by atoms with Gasteiger partial charge in [0.2, 0.25) is 5.91 Å². The molecule has 0 N–H and O–H groups in total. The average Bonchev–Trinajstić information content (AvgIpc) is 3.17. The molecule has 0 radical (unpaired) electrons. The second kappa shape index (κ2) is 8.23. The third-order valence-corrected chi connectivity index (χ3v) is 5.12. The molecule has 3 aromatic rings. The Hall–Kier alpha value is -2.54. The maximum Gasteiger partial charge on any atom is 0.262 e. The molecular weight excluding hydrogens is 350 g/mol. The second-order valence-corrected chi connectivity index (χ2v) is 6.68. The Bertz CT molecular complexity index is 946. The largest absolute Gasteiger partial charge is 0.467 e. The molecule has 0 atom stereocenters. The first-order valence-electron chi connectivity index (χ1n) is 8.56. The molecule has 0 saturated heterocycles. The fraction of sp³-hybridized carbons (Fsp3) is 0.316.